The Labute approximate surface area is 298 Å². The number of nitrogens with one attached hydrogen (secondary N) is 1. The maximum atomic E-state index is 5.56. The van der Waals surface area contributed by atoms with Gasteiger partial charge < -0.3 is 14.5 Å². The van der Waals surface area contributed by atoms with Crippen LogP contribution in [0.5, 0.6) is 0 Å². The van der Waals surface area contributed by atoms with Crippen LogP contribution in [0, 0.1) is 5.92 Å². The van der Waals surface area contributed by atoms with Crippen molar-refractivity contribution in [2.75, 3.05) is 0 Å². The van der Waals surface area contributed by atoms with Crippen LogP contribution in [-0.2, 0) is 6.42 Å². The van der Waals surface area contributed by atoms with Crippen LogP contribution in [0.1, 0.15) is 61.9 Å². The van der Waals surface area contributed by atoms with E-state index in [1.165, 1.54) is 44.0 Å². The number of benzene rings is 5. The number of fused-ring (bicyclic) bond motifs is 7. The van der Waals surface area contributed by atoms with Gasteiger partial charge in [-0.05, 0) is 55.5 Å². The van der Waals surface area contributed by atoms with E-state index in [1.54, 1.807) is 0 Å². The predicted molar refractivity (Wildman–Crippen MR) is 213 cm³/mol. The topological polar surface area (TPSA) is 59.0 Å². The number of hydrogen-bond donors (Lipinski definition) is 1. The van der Waals surface area contributed by atoms with Gasteiger partial charge in [-0.1, -0.05) is 129 Å². The number of allylic oxidation sites excluding steroid dienone is 1. The van der Waals surface area contributed by atoms with Crippen LogP contribution in [0.25, 0.3) is 44.5 Å². The first-order chi connectivity index (χ1) is 25.1. The van der Waals surface area contributed by atoms with Gasteiger partial charge in [-0.25, -0.2) is 9.98 Å². The SMILES string of the molecule is CC(C)C(=NC(C)n1c2c(c3c1ccc1c4ccccc4n(-c4ccccc4)c13)C=CCC2)C1=NC(c2ccccc2)N=C(c2ccccc2)N1. The van der Waals surface area contributed by atoms with Crippen LogP contribution < -0.4 is 5.32 Å². The Kier molecular flexibility index (Phi) is 7.72. The molecule has 7 aromatic rings. The van der Waals surface area contributed by atoms with Crippen LogP contribution in [-0.4, -0.2) is 26.5 Å². The van der Waals surface area contributed by atoms with Crippen molar-refractivity contribution in [1.29, 1.82) is 0 Å². The van der Waals surface area contributed by atoms with E-state index in [4.69, 9.17) is 15.0 Å². The van der Waals surface area contributed by atoms with Gasteiger partial charge in [-0.2, -0.15) is 0 Å². The molecule has 6 nitrogen and oxygen atoms in total. The zero-order valence-electron chi connectivity index (χ0n) is 29.2. The molecule has 1 N–H and O–H groups in total. The third kappa shape index (κ3) is 5.30. The Morgan fingerprint density at radius 2 is 1.45 bits per heavy atom. The number of para-hydroxylation sites is 2. The Morgan fingerprint density at radius 1 is 0.745 bits per heavy atom. The molecule has 3 heterocycles. The molecule has 0 bridgehead atoms. The fraction of sp³-hybridized carbons (Fsp3) is 0.178. The highest BCUT2D eigenvalue weighted by atomic mass is 15.2. The van der Waals surface area contributed by atoms with Crippen molar-refractivity contribution < 1.29 is 0 Å². The molecule has 2 atom stereocenters. The number of aromatic nitrogens is 2. The highest BCUT2D eigenvalue weighted by Crippen LogP contribution is 2.43. The summed E-state index contributed by atoms with van der Waals surface area (Å²) in [6.45, 7) is 6.63. The fourth-order valence-corrected chi connectivity index (χ4v) is 7.90. The second-order valence-corrected chi connectivity index (χ2v) is 13.7. The standard InChI is InChI=1S/C45H40N6/c1-29(2)41(45-48-43(31-17-7-4-8-18-31)47-44(49-45)32-19-9-5-10-20-32)46-30(3)50-38-26-16-14-24-36(38)40-39(50)28-27-35-34-23-13-15-25-37(34)51(42(35)40)33-21-11-6-12-22-33/h4-15,17-25,27-30,43H,16,26H2,1-3H3,(H,47,48,49). The Bertz CT molecular complexity index is 2530. The zero-order chi connectivity index (χ0) is 34.5. The average molecular weight is 665 g/mol. The van der Waals surface area contributed by atoms with Crippen molar-refractivity contribution >= 4 is 56.2 Å². The molecule has 9 rings (SSSR count). The summed E-state index contributed by atoms with van der Waals surface area (Å²) in [5.41, 5.74) is 10.5. The first-order valence-corrected chi connectivity index (χ1v) is 18.0. The molecule has 0 radical (unpaired) electrons. The van der Waals surface area contributed by atoms with E-state index in [-0.39, 0.29) is 18.2 Å². The summed E-state index contributed by atoms with van der Waals surface area (Å²) in [5.74, 6) is 1.70. The minimum Gasteiger partial charge on any atom is -0.323 e. The molecule has 0 saturated carbocycles. The summed E-state index contributed by atoms with van der Waals surface area (Å²) in [6, 6.07) is 44.8. The molecular formula is C45H40N6. The second-order valence-electron chi connectivity index (χ2n) is 13.7. The van der Waals surface area contributed by atoms with Crippen molar-refractivity contribution in [1.82, 2.24) is 14.5 Å². The summed E-state index contributed by atoms with van der Waals surface area (Å²) in [4.78, 5) is 15.8. The molecule has 2 aromatic heterocycles. The smallest absolute Gasteiger partial charge is 0.169 e. The number of hydrogen-bond acceptors (Lipinski definition) is 4. The van der Waals surface area contributed by atoms with Gasteiger partial charge >= 0.3 is 0 Å². The molecule has 2 unspecified atom stereocenters. The number of aliphatic imine (C=N–C) groups is 3. The minimum absolute atomic E-state index is 0.120. The highest BCUT2D eigenvalue weighted by molar-refractivity contribution is 6.45. The van der Waals surface area contributed by atoms with Gasteiger partial charge in [0.1, 0.15) is 12.0 Å². The molecule has 1 aliphatic carbocycles. The zero-order valence-corrected chi connectivity index (χ0v) is 29.2. The lowest BCUT2D eigenvalue weighted by Crippen LogP contribution is -2.42. The quantitative estimate of drug-likeness (QED) is 0.169. The van der Waals surface area contributed by atoms with Gasteiger partial charge in [0.2, 0.25) is 0 Å². The summed E-state index contributed by atoms with van der Waals surface area (Å²) in [7, 11) is 0. The molecule has 51 heavy (non-hydrogen) atoms. The lowest BCUT2D eigenvalue weighted by molar-refractivity contribution is 0.565. The van der Waals surface area contributed by atoms with Crippen LogP contribution >= 0.6 is 0 Å². The minimum atomic E-state index is -0.365. The van der Waals surface area contributed by atoms with Crippen molar-refractivity contribution in [3.05, 3.63) is 156 Å². The maximum absolute atomic E-state index is 5.56. The Balaban J connectivity index is 1.23. The monoisotopic (exact) mass is 664 g/mol. The third-order valence-electron chi connectivity index (χ3n) is 10.2. The van der Waals surface area contributed by atoms with Crippen molar-refractivity contribution in [3.63, 3.8) is 0 Å². The fourth-order valence-electron chi connectivity index (χ4n) is 7.90. The van der Waals surface area contributed by atoms with Crippen molar-refractivity contribution in [2.24, 2.45) is 20.9 Å². The summed E-state index contributed by atoms with van der Waals surface area (Å²) in [5, 5.41) is 7.42. The van der Waals surface area contributed by atoms with E-state index >= 15 is 0 Å². The number of rotatable bonds is 7. The third-order valence-corrected chi connectivity index (χ3v) is 10.2. The molecule has 250 valence electrons. The molecule has 0 fully saturated rings. The van der Waals surface area contributed by atoms with Gasteiger partial charge in [0, 0.05) is 38.7 Å². The van der Waals surface area contributed by atoms with E-state index in [2.05, 4.69) is 138 Å². The van der Waals surface area contributed by atoms with Gasteiger partial charge in [-0.15, -0.1) is 0 Å². The van der Waals surface area contributed by atoms with Crippen molar-refractivity contribution in [3.8, 4) is 5.69 Å². The van der Waals surface area contributed by atoms with E-state index < -0.39 is 0 Å². The largest absolute Gasteiger partial charge is 0.323 e. The predicted octanol–water partition coefficient (Wildman–Crippen LogP) is 10.5. The number of nitrogens with zero attached hydrogens (tertiary/aromatic N) is 5. The first-order valence-electron chi connectivity index (χ1n) is 18.0. The van der Waals surface area contributed by atoms with Crippen LogP contribution in [0.15, 0.2) is 148 Å². The lowest BCUT2D eigenvalue weighted by atomic mass is 10.0. The van der Waals surface area contributed by atoms with E-state index in [0.717, 1.165) is 47.0 Å². The molecule has 0 saturated heterocycles. The summed E-state index contributed by atoms with van der Waals surface area (Å²) in [6.07, 6.45) is 6.09. The van der Waals surface area contributed by atoms with Crippen LogP contribution in [0.3, 0.4) is 0 Å². The molecular weight excluding hydrogens is 625 g/mol. The summed E-state index contributed by atoms with van der Waals surface area (Å²) < 4.78 is 4.93. The molecule has 0 spiro atoms. The van der Waals surface area contributed by atoms with Gasteiger partial charge in [-0.3, -0.25) is 4.99 Å². The molecule has 1 aliphatic heterocycles. The molecule has 5 aromatic carbocycles. The van der Waals surface area contributed by atoms with Gasteiger partial charge in [0.15, 0.2) is 12.0 Å². The van der Waals surface area contributed by atoms with E-state index in [0.29, 0.717) is 0 Å². The average Bonchev–Trinajstić information content (AvgIpc) is 3.71. The van der Waals surface area contributed by atoms with Gasteiger partial charge in [0.25, 0.3) is 0 Å². The van der Waals surface area contributed by atoms with Crippen molar-refractivity contribution in [2.45, 2.75) is 45.9 Å². The summed E-state index contributed by atoms with van der Waals surface area (Å²) >= 11 is 0. The number of amidine groups is 2. The van der Waals surface area contributed by atoms with Crippen LogP contribution in [0.4, 0.5) is 0 Å². The molecule has 2 aliphatic rings. The second kappa shape index (κ2) is 12.7. The van der Waals surface area contributed by atoms with E-state index in [1.807, 2.05) is 36.4 Å². The highest BCUT2D eigenvalue weighted by Gasteiger charge is 2.28. The Hall–Kier alpha value is -6.01. The van der Waals surface area contributed by atoms with Gasteiger partial charge in [0.05, 0.1) is 22.3 Å². The van der Waals surface area contributed by atoms with E-state index in [9.17, 15) is 0 Å². The lowest BCUT2D eigenvalue weighted by Gasteiger charge is -2.26. The van der Waals surface area contributed by atoms with Crippen LogP contribution in [0.2, 0.25) is 0 Å². The maximum Gasteiger partial charge on any atom is 0.169 e. The molecule has 0 amide bonds. The Morgan fingerprint density at radius 3 is 2.22 bits per heavy atom. The first kappa shape index (κ1) is 31.0. The normalized spacial score (nSPS) is 16.7. The molecule has 6 heteroatoms.